The van der Waals surface area contributed by atoms with Gasteiger partial charge in [0.05, 0.1) is 0 Å². The van der Waals surface area contributed by atoms with E-state index in [1.165, 1.54) is 22.4 Å². The molecule has 2 nitrogen and oxygen atoms in total. The Labute approximate surface area is 115 Å². The Bertz CT molecular complexity index is 534. The predicted molar refractivity (Wildman–Crippen MR) is 82.5 cm³/mol. The molecule has 2 heteroatoms. The normalized spacial score (nSPS) is 10.5. The zero-order valence-corrected chi connectivity index (χ0v) is 11.8. The van der Waals surface area contributed by atoms with E-state index in [2.05, 4.69) is 67.4 Å². The summed E-state index contributed by atoms with van der Waals surface area (Å²) in [6.07, 6.45) is 0.942. The summed E-state index contributed by atoms with van der Waals surface area (Å²) < 4.78 is 0. The van der Waals surface area contributed by atoms with Crippen molar-refractivity contribution < 1.29 is 0 Å². The number of benzene rings is 2. The van der Waals surface area contributed by atoms with Crippen molar-refractivity contribution in [2.24, 2.45) is 5.73 Å². The van der Waals surface area contributed by atoms with E-state index in [1.807, 2.05) is 0 Å². The standard InChI is InChI=1S/C17H22N2/c1-14-7-3-6-10-17(14)19(2)13-16-9-5-4-8-15(16)11-12-18/h3-10H,11-13,18H2,1-2H3. The molecule has 0 amide bonds. The molecule has 0 unspecified atom stereocenters. The first-order valence-corrected chi connectivity index (χ1v) is 6.76. The summed E-state index contributed by atoms with van der Waals surface area (Å²) in [7, 11) is 2.14. The van der Waals surface area contributed by atoms with Crippen molar-refractivity contribution in [1.29, 1.82) is 0 Å². The monoisotopic (exact) mass is 254 g/mol. The first-order valence-electron chi connectivity index (χ1n) is 6.76. The Hall–Kier alpha value is -1.80. The maximum absolute atomic E-state index is 5.68. The minimum atomic E-state index is 0.699. The van der Waals surface area contributed by atoms with Crippen LogP contribution in [0.15, 0.2) is 48.5 Å². The van der Waals surface area contributed by atoms with Crippen LogP contribution in [0, 0.1) is 6.92 Å². The van der Waals surface area contributed by atoms with Crippen LogP contribution in [-0.2, 0) is 13.0 Å². The third-order valence-corrected chi connectivity index (χ3v) is 3.47. The average molecular weight is 254 g/mol. The highest BCUT2D eigenvalue weighted by Gasteiger charge is 2.07. The quantitative estimate of drug-likeness (QED) is 0.888. The van der Waals surface area contributed by atoms with Crippen LogP contribution >= 0.6 is 0 Å². The molecule has 0 heterocycles. The molecule has 2 rings (SSSR count). The van der Waals surface area contributed by atoms with Crippen molar-refractivity contribution in [3.05, 3.63) is 65.2 Å². The molecule has 0 aliphatic rings. The van der Waals surface area contributed by atoms with Gasteiger partial charge >= 0.3 is 0 Å². The molecule has 2 aromatic carbocycles. The van der Waals surface area contributed by atoms with Crippen LogP contribution in [-0.4, -0.2) is 13.6 Å². The number of nitrogens with zero attached hydrogens (tertiary/aromatic N) is 1. The fraction of sp³-hybridized carbons (Fsp3) is 0.294. The van der Waals surface area contributed by atoms with E-state index in [-0.39, 0.29) is 0 Å². The number of rotatable bonds is 5. The lowest BCUT2D eigenvalue weighted by Gasteiger charge is -2.23. The average Bonchev–Trinajstić information content (AvgIpc) is 2.41. The molecule has 0 fully saturated rings. The summed E-state index contributed by atoms with van der Waals surface area (Å²) in [5.41, 5.74) is 11.0. The molecule has 0 saturated carbocycles. The van der Waals surface area contributed by atoms with Crippen LogP contribution in [0.5, 0.6) is 0 Å². The first kappa shape index (κ1) is 13.6. The molecule has 2 aromatic rings. The third kappa shape index (κ3) is 3.36. The van der Waals surface area contributed by atoms with Gasteiger partial charge in [0.1, 0.15) is 0 Å². The topological polar surface area (TPSA) is 29.3 Å². The van der Waals surface area contributed by atoms with E-state index in [9.17, 15) is 0 Å². The van der Waals surface area contributed by atoms with Crippen molar-refractivity contribution in [3.63, 3.8) is 0 Å². The Kier molecular flexibility index (Phi) is 4.58. The highest BCUT2D eigenvalue weighted by atomic mass is 15.1. The van der Waals surface area contributed by atoms with Gasteiger partial charge in [0, 0.05) is 19.3 Å². The van der Waals surface area contributed by atoms with Crippen LogP contribution < -0.4 is 10.6 Å². The molecule has 0 saturated heterocycles. The second-order valence-electron chi connectivity index (χ2n) is 4.95. The molecular weight excluding hydrogens is 232 g/mol. The van der Waals surface area contributed by atoms with Gasteiger partial charge < -0.3 is 10.6 Å². The number of aryl methyl sites for hydroxylation is 1. The first-order chi connectivity index (χ1) is 9.22. The second-order valence-corrected chi connectivity index (χ2v) is 4.95. The summed E-state index contributed by atoms with van der Waals surface area (Å²) in [5.74, 6) is 0. The van der Waals surface area contributed by atoms with Crippen LogP contribution in [0.25, 0.3) is 0 Å². The van der Waals surface area contributed by atoms with Gasteiger partial charge in [-0.15, -0.1) is 0 Å². The Morgan fingerprint density at radius 1 is 0.947 bits per heavy atom. The maximum atomic E-state index is 5.68. The zero-order valence-electron chi connectivity index (χ0n) is 11.8. The van der Waals surface area contributed by atoms with Gasteiger partial charge in [0.15, 0.2) is 0 Å². The highest BCUT2D eigenvalue weighted by Crippen LogP contribution is 2.21. The van der Waals surface area contributed by atoms with Crippen LogP contribution in [0.3, 0.4) is 0 Å². The summed E-state index contributed by atoms with van der Waals surface area (Å²) in [6, 6.07) is 17.0. The zero-order chi connectivity index (χ0) is 13.7. The predicted octanol–water partition coefficient (Wildman–Crippen LogP) is 3.13. The number of hydrogen-bond acceptors (Lipinski definition) is 2. The van der Waals surface area contributed by atoms with Gasteiger partial charge in [0.25, 0.3) is 0 Å². The molecular formula is C17H22N2. The van der Waals surface area contributed by atoms with E-state index in [0.717, 1.165) is 13.0 Å². The molecule has 100 valence electrons. The molecule has 0 aliphatic carbocycles. The summed E-state index contributed by atoms with van der Waals surface area (Å²) in [6.45, 7) is 3.77. The Balaban J connectivity index is 2.19. The lowest BCUT2D eigenvalue weighted by molar-refractivity contribution is 0.878. The molecule has 0 atom stereocenters. The molecule has 2 N–H and O–H groups in total. The van der Waals surface area contributed by atoms with E-state index < -0.39 is 0 Å². The largest absolute Gasteiger partial charge is 0.370 e. The van der Waals surface area contributed by atoms with Gasteiger partial charge in [0.2, 0.25) is 0 Å². The number of anilines is 1. The number of nitrogens with two attached hydrogens (primary N) is 1. The van der Waals surface area contributed by atoms with Crippen LogP contribution in [0.4, 0.5) is 5.69 Å². The summed E-state index contributed by atoms with van der Waals surface area (Å²) in [4.78, 5) is 2.30. The fourth-order valence-electron chi connectivity index (χ4n) is 2.44. The smallest absolute Gasteiger partial charge is 0.0429 e. The lowest BCUT2D eigenvalue weighted by atomic mass is 10.0. The van der Waals surface area contributed by atoms with Crippen molar-refractivity contribution >= 4 is 5.69 Å². The molecule has 0 radical (unpaired) electrons. The third-order valence-electron chi connectivity index (χ3n) is 3.47. The van der Waals surface area contributed by atoms with Crippen LogP contribution in [0.2, 0.25) is 0 Å². The molecule has 0 spiro atoms. The van der Waals surface area contributed by atoms with Crippen molar-refractivity contribution in [2.75, 3.05) is 18.5 Å². The minimum Gasteiger partial charge on any atom is -0.370 e. The van der Waals surface area contributed by atoms with Gasteiger partial charge in [-0.3, -0.25) is 0 Å². The van der Waals surface area contributed by atoms with Crippen molar-refractivity contribution in [2.45, 2.75) is 19.9 Å². The highest BCUT2D eigenvalue weighted by molar-refractivity contribution is 5.53. The fourth-order valence-corrected chi connectivity index (χ4v) is 2.44. The summed E-state index contributed by atoms with van der Waals surface area (Å²) >= 11 is 0. The van der Waals surface area contributed by atoms with Gasteiger partial charge in [-0.25, -0.2) is 0 Å². The summed E-state index contributed by atoms with van der Waals surface area (Å²) in [5, 5.41) is 0. The van der Waals surface area contributed by atoms with E-state index in [0.29, 0.717) is 6.54 Å². The number of hydrogen-bond donors (Lipinski definition) is 1. The van der Waals surface area contributed by atoms with Gasteiger partial charge in [-0.05, 0) is 42.6 Å². The number of para-hydroxylation sites is 1. The molecule has 0 aromatic heterocycles. The Morgan fingerprint density at radius 3 is 2.26 bits per heavy atom. The van der Waals surface area contributed by atoms with E-state index >= 15 is 0 Å². The van der Waals surface area contributed by atoms with Gasteiger partial charge in [-0.1, -0.05) is 42.5 Å². The SMILES string of the molecule is Cc1ccccc1N(C)Cc1ccccc1CCN. The Morgan fingerprint density at radius 2 is 1.58 bits per heavy atom. The minimum absolute atomic E-state index is 0.699. The van der Waals surface area contributed by atoms with E-state index in [4.69, 9.17) is 5.73 Å². The van der Waals surface area contributed by atoms with Gasteiger partial charge in [-0.2, -0.15) is 0 Å². The van der Waals surface area contributed by atoms with Crippen molar-refractivity contribution in [1.82, 2.24) is 0 Å². The molecule has 0 aliphatic heterocycles. The van der Waals surface area contributed by atoms with Crippen LogP contribution in [0.1, 0.15) is 16.7 Å². The lowest BCUT2D eigenvalue weighted by Crippen LogP contribution is -2.19. The molecule has 0 bridgehead atoms. The van der Waals surface area contributed by atoms with Crippen molar-refractivity contribution in [3.8, 4) is 0 Å². The second kappa shape index (κ2) is 6.39. The van der Waals surface area contributed by atoms with E-state index in [1.54, 1.807) is 0 Å². The maximum Gasteiger partial charge on any atom is 0.0429 e. The molecule has 19 heavy (non-hydrogen) atoms.